The topological polar surface area (TPSA) is 78.8 Å². The Kier molecular flexibility index (Phi) is 10.1. The Morgan fingerprint density at radius 2 is 1.49 bits per heavy atom. The van der Waals surface area contributed by atoms with Crippen LogP contribution in [0, 0.1) is 0 Å². The van der Waals surface area contributed by atoms with E-state index in [4.69, 9.17) is 0 Å². The molecule has 2 heterocycles. The zero-order chi connectivity index (χ0) is 28.3. The number of amides is 3. The highest BCUT2D eigenvalue weighted by Crippen LogP contribution is 2.28. The smallest absolute Gasteiger partial charge is 0.340 e. The lowest BCUT2D eigenvalue weighted by atomic mass is 9.88. The van der Waals surface area contributed by atoms with E-state index in [0.717, 1.165) is 43.9 Å². The van der Waals surface area contributed by atoms with Crippen molar-refractivity contribution in [1.29, 1.82) is 0 Å². The zero-order valence-corrected chi connectivity index (χ0v) is 24.1. The quantitative estimate of drug-likeness (QED) is 0.251. The van der Waals surface area contributed by atoms with E-state index in [0.29, 0.717) is 31.1 Å². The Labute approximate surface area is 246 Å². The van der Waals surface area contributed by atoms with E-state index in [1.807, 2.05) is 57.6 Å². The Morgan fingerprint density at radius 3 is 2.12 bits per heavy atom. The van der Waals surface area contributed by atoms with Gasteiger partial charge in [0.05, 0.1) is 0 Å². The molecule has 3 N–H and O–H groups in total. The monoisotopic (exact) mass is 568 g/mol. The van der Waals surface area contributed by atoms with Crippen LogP contribution >= 0.6 is 11.3 Å². The van der Waals surface area contributed by atoms with Gasteiger partial charge in [-0.05, 0) is 24.0 Å². The van der Waals surface area contributed by atoms with Crippen LogP contribution in [-0.4, -0.2) is 61.0 Å². The van der Waals surface area contributed by atoms with E-state index in [-0.39, 0.29) is 17.9 Å². The predicted molar refractivity (Wildman–Crippen MR) is 165 cm³/mol. The van der Waals surface area contributed by atoms with Crippen LogP contribution in [0.15, 0.2) is 96.4 Å². The third-order valence-corrected chi connectivity index (χ3v) is 8.31. The summed E-state index contributed by atoms with van der Waals surface area (Å²) in [4.78, 5) is 33.5. The summed E-state index contributed by atoms with van der Waals surface area (Å²) >= 11 is 1.47. The van der Waals surface area contributed by atoms with Crippen LogP contribution in [0.25, 0.3) is 11.3 Å². The van der Waals surface area contributed by atoms with Gasteiger partial charge in [-0.2, -0.15) is 5.32 Å². The normalized spacial score (nSPS) is 13.2. The van der Waals surface area contributed by atoms with E-state index in [1.54, 1.807) is 0 Å². The molecule has 1 saturated heterocycles. The fourth-order valence-electron chi connectivity index (χ4n) is 5.28. The van der Waals surface area contributed by atoms with Gasteiger partial charge in [0, 0.05) is 62.6 Å². The maximum absolute atomic E-state index is 13.6. The number of aromatic amines is 1. The average Bonchev–Trinajstić information content (AvgIpc) is 3.50. The van der Waals surface area contributed by atoms with Crippen LogP contribution in [0.5, 0.6) is 0 Å². The minimum atomic E-state index is -0.155. The number of piperazine rings is 1. The van der Waals surface area contributed by atoms with Crippen LogP contribution < -0.4 is 15.6 Å². The number of anilines is 1. The van der Waals surface area contributed by atoms with Crippen molar-refractivity contribution in [3.63, 3.8) is 0 Å². The molecule has 5 rings (SSSR count). The van der Waals surface area contributed by atoms with E-state index >= 15 is 0 Å². The van der Waals surface area contributed by atoms with Gasteiger partial charge in [-0.3, -0.25) is 4.79 Å². The van der Waals surface area contributed by atoms with Gasteiger partial charge in [-0.1, -0.05) is 102 Å². The Bertz CT molecular complexity index is 1340. The van der Waals surface area contributed by atoms with Gasteiger partial charge < -0.3 is 15.1 Å². The van der Waals surface area contributed by atoms with Crippen molar-refractivity contribution >= 4 is 28.4 Å². The molecule has 1 aliphatic heterocycles. The number of hydrogen-bond donors (Lipinski definition) is 2. The van der Waals surface area contributed by atoms with Crippen LogP contribution in [-0.2, 0) is 4.79 Å². The van der Waals surface area contributed by atoms with Gasteiger partial charge in [0.1, 0.15) is 5.69 Å². The second kappa shape index (κ2) is 14.6. The number of nitrogens with one attached hydrogen (secondary N) is 3. The molecule has 3 amide bonds. The van der Waals surface area contributed by atoms with E-state index in [2.05, 4.69) is 64.1 Å². The molecule has 0 aliphatic carbocycles. The standard InChI is InChI=1S/C33H37N5O2S/c39-31(37-23-19-34-20-24-37)17-10-21-38(33(40)36-32-35-30(25-41-32)28-15-8-3-9-16-28)22-18-29(26-11-4-1-5-12-26)27-13-6-2-7-14-27/h1-9,11-16,25,29,34H,10,17-24H2,(H,35,36,40)/p+1. The SMILES string of the molecule is O=C(CCCN(CCC(c1ccccc1)c1ccccc1)C(=O)Nc1[nH+]c(-c2ccccc2)cs1)N1CCNCC1. The molecular weight excluding hydrogens is 530 g/mol. The molecule has 1 aliphatic rings. The fraction of sp³-hybridized carbons (Fsp3) is 0.303. The van der Waals surface area contributed by atoms with E-state index < -0.39 is 0 Å². The lowest BCUT2D eigenvalue weighted by molar-refractivity contribution is -0.340. The molecular formula is C33H38N5O2S+. The summed E-state index contributed by atoms with van der Waals surface area (Å²) in [6.07, 6.45) is 1.84. The number of hydrogen-bond acceptors (Lipinski definition) is 4. The van der Waals surface area contributed by atoms with Gasteiger partial charge in [-0.15, -0.1) is 0 Å². The molecule has 0 saturated carbocycles. The first-order valence-electron chi connectivity index (χ1n) is 14.4. The Hall–Kier alpha value is -4.01. The van der Waals surface area contributed by atoms with Crippen LogP contribution in [0.4, 0.5) is 9.93 Å². The van der Waals surface area contributed by atoms with Gasteiger partial charge >= 0.3 is 11.2 Å². The Morgan fingerprint density at radius 1 is 0.878 bits per heavy atom. The Balaban J connectivity index is 1.28. The first-order valence-corrected chi connectivity index (χ1v) is 15.3. The third kappa shape index (κ3) is 8.02. The number of urea groups is 1. The molecule has 7 nitrogen and oxygen atoms in total. The van der Waals surface area contributed by atoms with Crippen LogP contribution in [0.3, 0.4) is 0 Å². The summed E-state index contributed by atoms with van der Waals surface area (Å²) in [5, 5.41) is 9.08. The van der Waals surface area contributed by atoms with Crippen molar-refractivity contribution in [2.75, 3.05) is 44.6 Å². The number of thiazole rings is 1. The number of carbonyl (C=O) groups is 2. The first-order chi connectivity index (χ1) is 20.2. The molecule has 1 fully saturated rings. The van der Waals surface area contributed by atoms with Crippen molar-refractivity contribution in [1.82, 2.24) is 15.1 Å². The predicted octanol–water partition coefficient (Wildman–Crippen LogP) is 5.50. The molecule has 8 heteroatoms. The largest absolute Gasteiger partial charge is 0.409 e. The number of benzene rings is 3. The summed E-state index contributed by atoms with van der Waals surface area (Å²) in [7, 11) is 0. The lowest BCUT2D eigenvalue weighted by Crippen LogP contribution is -2.46. The summed E-state index contributed by atoms with van der Waals surface area (Å²) in [6.45, 7) is 4.25. The highest BCUT2D eigenvalue weighted by molar-refractivity contribution is 7.13. The molecule has 0 bridgehead atoms. The second-order valence-corrected chi connectivity index (χ2v) is 11.2. The maximum atomic E-state index is 13.6. The average molecular weight is 569 g/mol. The number of rotatable bonds is 11. The van der Waals surface area contributed by atoms with Crippen LogP contribution in [0.2, 0.25) is 0 Å². The molecule has 0 unspecified atom stereocenters. The second-order valence-electron chi connectivity index (χ2n) is 10.3. The van der Waals surface area contributed by atoms with Crippen LogP contribution in [0.1, 0.15) is 36.3 Å². The fourth-order valence-corrected chi connectivity index (χ4v) is 6.03. The van der Waals surface area contributed by atoms with Crippen molar-refractivity contribution in [3.8, 4) is 11.3 Å². The molecule has 41 heavy (non-hydrogen) atoms. The summed E-state index contributed by atoms with van der Waals surface area (Å²) < 4.78 is 0. The number of aromatic nitrogens is 1. The summed E-state index contributed by atoms with van der Waals surface area (Å²) in [5.41, 5.74) is 4.49. The number of carbonyl (C=O) groups excluding carboxylic acids is 2. The van der Waals surface area contributed by atoms with Gasteiger partial charge in [0.2, 0.25) is 5.91 Å². The minimum absolute atomic E-state index is 0.155. The highest BCUT2D eigenvalue weighted by atomic mass is 32.1. The third-order valence-electron chi connectivity index (χ3n) is 7.52. The molecule has 212 valence electrons. The molecule has 3 aromatic carbocycles. The minimum Gasteiger partial charge on any atom is -0.340 e. The van der Waals surface area contributed by atoms with Crippen molar-refractivity contribution in [2.24, 2.45) is 0 Å². The van der Waals surface area contributed by atoms with Gasteiger partial charge in [0.25, 0.3) is 0 Å². The zero-order valence-electron chi connectivity index (χ0n) is 23.3. The maximum Gasteiger partial charge on any atom is 0.409 e. The molecule has 0 atom stereocenters. The van der Waals surface area contributed by atoms with E-state index in [1.165, 1.54) is 22.5 Å². The molecule has 1 aromatic heterocycles. The summed E-state index contributed by atoms with van der Waals surface area (Å²) in [6, 6.07) is 30.8. The van der Waals surface area contributed by atoms with E-state index in [9.17, 15) is 9.59 Å². The van der Waals surface area contributed by atoms with Gasteiger partial charge in [0.15, 0.2) is 0 Å². The summed E-state index contributed by atoms with van der Waals surface area (Å²) in [5.74, 6) is 0.325. The molecule has 4 aromatic rings. The highest BCUT2D eigenvalue weighted by Gasteiger charge is 2.24. The van der Waals surface area contributed by atoms with Crippen molar-refractivity contribution in [3.05, 3.63) is 108 Å². The number of nitrogens with zero attached hydrogens (tertiary/aromatic N) is 2. The lowest BCUT2D eigenvalue weighted by Gasteiger charge is -2.28. The number of H-pyrrole nitrogens is 1. The molecule has 0 spiro atoms. The van der Waals surface area contributed by atoms with Gasteiger partial charge in [-0.25, -0.2) is 9.78 Å². The van der Waals surface area contributed by atoms with Crippen molar-refractivity contribution in [2.45, 2.75) is 25.2 Å². The van der Waals surface area contributed by atoms with Crippen molar-refractivity contribution < 1.29 is 14.6 Å². The first kappa shape index (κ1) is 28.5. The molecule has 0 radical (unpaired) electrons.